The normalized spacial score (nSPS) is 22.6. The third kappa shape index (κ3) is 2.79. The Balaban J connectivity index is 2.19. The molecule has 0 spiro atoms. The first-order valence-electron chi connectivity index (χ1n) is 6.42. The Labute approximate surface area is 116 Å². The fourth-order valence-electron chi connectivity index (χ4n) is 2.35. The molecule has 19 heavy (non-hydrogen) atoms. The van der Waals surface area contributed by atoms with Crippen LogP contribution in [0.15, 0.2) is 11.4 Å². The largest absolute Gasteiger partial charge is 0.357 e. The zero-order chi connectivity index (χ0) is 14.0. The minimum atomic E-state index is -0.447. The van der Waals surface area contributed by atoms with Gasteiger partial charge in [0.15, 0.2) is 0 Å². The molecule has 0 saturated carbocycles. The first kappa shape index (κ1) is 14.0. The number of thiophene rings is 1. The van der Waals surface area contributed by atoms with Crippen molar-refractivity contribution in [2.75, 3.05) is 13.6 Å². The van der Waals surface area contributed by atoms with Crippen molar-refractivity contribution in [1.29, 1.82) is 0 Å². The summed E-state index contributed by atoms with van der Waals surface area (Å²) in [5, 5.41) is 4.45. The number of rotatable bonds is 3. The third-order valence-electron chi connectivity index (χ3n) is 3.39. The van der Waals surface area contributed by atoms with Gasteiger partial charge >= 0.3 is 0 Å². The van der Waals surface area contributed by atoms with Gasteiger partial charge in [0, 0.05) is 29.9 Å². The minimum absolute atomic E-state index is 0.0995. The fourth-order valence-corrected chi connectivity index (χ4v) is 3.16. The van der Waals surface area contributed by atoms with Crippen molar-refractivity contribution in [3.05, 3.63) is 21.9 Å². The van der Waals surface area contributed by atoms with Gasteiger partial charge in [-0.3, -0.25) is 9.59 Å². The SMILES string of the molecule is CCc1cc(C(=O)N2C[C@H](N)C[C@H]2C(=O)NC)cs1. The second-order valence-electron chi connectivity index (χ2n) is 4.74. The van der Waals surface area contributed by atoms with Crippen LogP contribution in [0.25, 0.3) is 0 Å². The molecule has 3 N–H and O–H groups in total. The number of aryl methyl sites for hydroxylation is 1. The molecule has 5 nitrogen and oxygen atoms in total. The summed E-state index contributed by atoms with van der Waals surface area (Å²) in [7, 11) is 1.58. The topological polar surface area (TPSA) is 75.4 Å². The van der Waals surface area contributed by atoms with Crippen LogP contribution in [0, 0.1) is 0 Å². The third-order valence-corrected chi connectivity index (χ3v) is 4.47. The fraction of sp³-hybridized carbons (Fsp3) is 0.538. The van der Waals surface area contributed by atoms with E-state index in [1.807, 2.05) is 11.4 Å². The lowest BCUT2D eigenvalue weighted by atomic mass is 10.1. The summed E-state index contributed by atoms with van der Waals surface area (Å²) in [6.45, 7) is 2.49. The quantitative estimate of drug-likeness (QED) is 0.852. The van der Waals surface area contributed by atoms with Gasteiger partial charge in [-0.15, -0.1) is 11.3 Å². The number of hydrogen-bond donors (Lipinski definition) is 2. The molecule has 2 amide bonds. The second kappa shape index (κ2) is 5.71. The first-order chi connectivity index (χ1) is 9.06. The number of nitrogens with zero attached hydrogens (tertiary/aromatic N) is 1. The molecule has 2 atom stereocenters. The molecule has 1 aromatic heterocycles. The average molecular weight is 281 g/mol. The Bertz CT molecular complexity index is 486. The zero-order valence-corrected chi connectivity index (χ0v) is 12.0. The van der Waals surface area contributed by atoms with Crippen LogP contribution in [0.1, 0.15) is 28.6 Å². The molecule has 1 aliphatic rings. The Morgan fingerprint density at radius 3 is 2.89 bits per heavy atom. The van der Waals surface area contributed by atoms with E-state index >= 15 is 0 Å². The van der Waals surface area contributed by atoms with E-state index in [9.17, 15) is 9.59 Å². The summed E-state index contributed by atoms with van der Waals surface area (Å²) in [6.07, 6.45) is 1.44. The predicted molar refractivity (Wildman–Crippen MR) is 75.2 cm³/mol. The Morgan fingerprint density at radius 2 is 2.32 bits per heavy atom. The number of likely N-dealkylation sites (N-methyl/N-ethyl adjacent to an activating group) is 1. The number of hydrogen-bond acceptors (Lipinski definition) is 4. The number of carbonyl (C=O) groups excluding carboxylic acids is 2. The molecule has 0 bridgehead atoms. The molecule has 6 heteroatoms. The van der Waals surface area contributed by atoms with E-state index in [1.165, 1.54) is 4.88 Å². The van der Waals surface area contributed by atoms with Crippen molar-refractivity contribution >= 4 is 23.2 Å². The average Bonchev–Trinajstić information content (AvgIpc) is 3.03. The number of nitrogens with two attached hydrogens (primary N) is 1. The van der Waals surface area contributed by atoms with E-state index in [-0.39, 0.29) is 17.9 Å². The second-order valence-corrected chi connectivity index (χ2v) is 5.73. The van der Waals surface area contributed by atoms with Gasteiger partial charge < -0.3 is 16.0 Å². The highest BCUT2D eigenvalue weighted by atomic mass is 32.1. The predicted octanol–water partition coefficient (Wildman–Crippen LogP) is 0.598. The summed E-state index contributed by atoms with van der Waals surface area (Å²) >= 11 is 1.57. The smallest absolute Gasteiger partial charge is 0.255 e. The standard InChI is InChI=1S/C13H19N3O2S/c1-3-10-4-8(7-19-10)13(18)16-6-9(14)5-11(16)12(17)15-2/h4,7,9,11H,3,5-6,14H2,1-2H3,(H,15,17)/t9-,11+/m1/s1. The van der Waals surface area contributed by atoms with Gasteiger partial charge in [0.1, 0.15) is 6.04 Å². The molecule has 0 aliphatic carbocycles. The van der Waals surface area contributed by atoms with E-state index in [2.05, 4.69) is 12.2 Å². The van der Waals surface area contributed by atoms with Crippen molar-refractivity contribution in [2.24, 2.45) is 5.73 Å². The van der Waals surface area contributed by atoms with Gasteiger partial charge in [-0.2, -0.15) is 0 Å². The summed E-state index contributed by atoms with van der Waals surface area (Å²) in [6, 6.07) is 1.32. The molecule has 0 aromatic carbocycles. The molecule has 1 aromatic rings. The summed E-state index contributed by atoms with van der Waals surface area (Å²) in [4.78, 5) is 27.0. The van der Waals surface area contributed by atoms with Crippen molar-refractivity contribution in [3.8, 4) is 0 Å². The highest BCUT2D eigenvalue weighted by molar-refractivity contribution is 7.10. The number of carbonyl (C=O) groups is 2. The van der Waals surface area contributed by atoms with Crippen molar-refractivity contribution in [2.45, 2.75) is 31.8 Å². The van der Waals surface area contributed by atoms with Crippen LogP contribution < -0.4 is 11.1 Å². The highest BCUT2D eigenvalue weighted by Crippen LogP contribution is 2.23. The molecule has 0 radical (unpaired) electrons. The number of nitrogens with one attached hydrogen (secondary N) is 1. The van der Waals surface area contributed by atoms with Crippen LogP contribution in [-0.2, 0) is 11.2 Å². The van der Waals surface area contributed by atoms with Crippen molar-refractivity contribution in [1.82, 2.24) is 10.2 Å². The van der Waals surface area contributed by atoms with E-state index in [0.29, 0.717) is 18.5 Å². The lowest BCUT2D eigenvalue weighted by Crippen LogP contribution is -2.44. The van der Waals surface area contributed by atoms with E-state index in [1.54, 1.807) is 23.3 Å². The maximum Gasteiger partial charge on any atom is 0.255 e. The van der Waals surface area contributed by atoms with E-state index in [4.69, 9.17) is 5.73 Å². The zero-order valence-electron chi connectivity index (χ0n) is 11.2. The van der Waals surface area contributed by atoms with Crippen molar-refractivity contribution in [3.63, 3.8) is 0 Å². The number of amides is 2. The lowest BCUT2D eigenvalue weighted by Gasteiger charge is -2.22. The monoisotopic (exact) mass is 281 g/mol. The molecule has 0 unspecified atom stereocenters. The Kier molecular flexibility index (Phi) is 4.21. The molecule has 2 rings (SSSR count). The van der Waals surface area contributed by atoms with Gasteiger partial charge in [0.2, 0.25) is 5.91 Å². The Hall–Kier alpha value is -1.40. The van der Waals surface area contributed by atoms with Crippen molar-refractivity contribution < 1.29 is 9.59 Å². The van der Waals surface area contributed by atoms with Crippen LogP contribution in [0.3, 0.4) is 0 Å². The van der Waals surface area contributed by atoms with Crippen LogP contribution in [0.2, 0.25) is 0 Å². The Morgan fingerprint density at radius 1 is 1.58 bits per heavy atom. The van der Waals surface area contributed by atoms with Crippen LogP contribution in [0.5, 0.6) is 0 Å². The van der Waals surface area contributed by atoms with E-state index in [0.717, 1.165) is 6.42 Å². The lowest BCUT2D eigenvalue weighted by molar-refractivity contribution is -0.124. The first-order valence-corrected chi connectivity index (χ1v) is 7.30. The highest BCUT2D eigenvalue weighted by Gasteiger charge is 2.38. The molecular formula is C13H19N3O2S. The molecular weight excluding hydrogens is 262 g/mol. The summed E-state index contributed by atoms with van der Waals surface area (Å²) < 4.78 is 0. The maximum absolute atomic E-state index is 12.4. The van der Waals surface area contributed by atoms with Crippen LogP contribution in [0.4, 0.5) is 0 Å². The summed E-state index contributed by atoms with van der Waals surface area (Å²) in [5.74, 6) is -0.246. The molecule has 2 heterocycles. The van der Waals surface area contributed by atoms with Gasteiger partial charge in [-0.25, -0.2) is 0 Å². The van der Waals surface area contributed by atoms with Crippen LogP contribution in [-0.4, -0.2) is 42.4 Å². The summed E-state index contributed by atoms with van der Waals surface area (Å²) in [5.41, 5.74) is 6.54. The van der Waals surface area contributed by atoms with Gasteiger partial charge in [0.05, 0.1) is 5.56 Å². The van der Waals surface area contributed by atoms with Gasteiger partial charge in [-0.05, 0) is 18.9 Å². The molecule has 1 saturated heterocycles. The maximum atomic E-state index is 12.4. The number of likely N-dealkylation sites (tertiary alicyclic amines) is 1. The van der Waals surface area contributed by atoms with Crippen LogP contribution >= 0.6 is 11.3 Å². The van der Waals surface area contributed by atoms with Gasteiger partial charge in [-0.1, -0.05) is 6.92 Å². The molecule has 104 valence electrons. The minimum Gasteiger partial charge on any atom is -0.357 e. The van der Waals surface area contributed by atoms with E-state index < -0.39 is 6.04 Å². The molecule has 1 fully saturated rings. The molecule has 1 aliphatic heterocycles. The van der Waals surface area contributed by atoms with Gasteiger partial charge in [0.25, 0.3) is 5.91 Å².